The van der Waals surface area contributed by atoms with Crippen molar-refractivity contribution in [1.29, 1.82) is 5.26 Å². The summed E-state index contributed by atoms with van der Waals surface area (Å²) in [7, 11) is 0. The summed E-state index contributed by atoms with van der Waals surface area (Å²) in [5, 5.41) is 11.5. The molecule has 0 heterocycles. The van der Waals surface area contributed by atoms with Crippen LogP contribution in [0.1, 0.15) is 33.6 Å². The van der Waals surface area contributed by atoms with E-state index < -0.39 is 17.1 Å². The maximum atomic E-state index is 14.3. The lowest BCUT2D eigenvalue weighted by Gasteiger charge is -2.31. The number of alkyl halides is 2. The highest BCUT2D eigenvalue weighted by Gasteiger charge is 2.50. The molecule has 0 radical (unpaired) electrons. The van der Waals surface area contributed by atoms with Crippen LogP contribution in [0.4, 0.5) is 8.78 Å². The van der Waals surface area contributed by atoms with Gasteiger partial charge in [0, 0.05) is 13.5 Å². The number of rotatable bonds is 8. The Kier molecular flexibility index (Phi) is 9.41. The van der Waals surface area contributed by atoms with Gasteiger partial charge in [0.1, 0.15) is 8.94 Å². The van der Waals surface area contributed by atoms with Crippen LogP contribution in [-0.4, -0.2) is 33.4 Å². The third kappa shape index (κ3) is 7.43. The first-order valence-corrected chi connectivity index (χ1v) is 8.89. The number of amides is 1. The Morgan fingerprint density at radius 3 is 2.52 bits per heavy atom. The number of carbonyl (C=O) groups is 1. The second-order valence-corrected chi connectivity index (χ2v) is 8.04. The first kappa shape index (κ1) is 20.6. The normalized spacial score (nSPS) is 14.1. The fourth-order valence-electron chi connectivity index (χ4n) is 1.35. The molecule has 8 heteroatoms. The van der Waals surface area contributed by atoms with E-state index in [1.165, 1.54) is 25.6 Å². The molecule has 0 spiro atoms. The molecule has 0 aliphatic rings. The highest BCUT2D eigenvalue weighted by atomic mass is 32.2. The van der Waals surface area contributed by atoms with Crippen molar-refractivity contribution in [3.05, 3.63) is 0 Å². The summed E-state index contributed by atoms with van der Waals surface area (Å²) in [5.74, 6) is -3.20. The van der Waals surface area contributed by atoms with Crippen LogP contribution in [0.25, 0.3) is 0 Å². The Balaban J connectivity index is 4.56. The summed E-state index contributed by atoms with van der Waals surface area (Å²) in [6.45, 7) is 4.57. The molecule has 0 saturated heterocycles. The van der Waals surface area contributed by atoms with E-state index in [0.717, 1.165) is 23.9 Å². The van der Waals surface area contributed by atoms with Gasteiger partial charge in [0.15, 0.2) is 0 Å². The fraction of sp³-hybridized carbons (Fsp3) is 0.769. The smallest absolute Gasteiger partial charge is 0.275 e. The van der Waals surface area contributed by atoms with Crippen LogP contribution in [0.5, 0.6) is 0 Å². The van der Waals surface area contributed by atoms with Gasteiger partial charge in [0.25, 0.3) is 5.92 Å². The topological polar surface area (TPSA) is 52.9 Å². The number of nitrogens with one attached hydrogen (secondary N) is 1. The van der Waals surface area contributed by atoms with Crippen LogP contribution < -0.4 is 5.32 Å². The molecule has 1 atom stereocenters. The average molecular weight is 355 g/mol. The quantitative estimate of drug-likeness (QED) is 0.671. The molecule has 21 heavy (non-hydrogen) atoms. The van der Waals surface area contributed by atoms with Gasteiger partial charge < -0.3 is 5.32 Å². The largest absolute Gasteiger partial charge is 0.356 e. The second-order valence-electron chi connectivity index (χ2n) is 4.77. The van der Waals surface area contributed by atoms with Crippen molar-refractivity contribution in [1.82, 2.24) is 5.32 Å². The number of hydrogen-bond acceptors (Lipinski definition) is 5. The zero-order valence-corrected chi connectivity index (χ0v) is 14.8. The van der Waals surface area contributed by atoms with Crippen LogP contribution in [-0.2, 0) is 4.79 Å². The third-order valence-electron chi connectivity index (χ3n) is 2.85. The standard InChI is InChI=1S/C13H20F2N2OS3/c1-4-7-20-11(19)21-9-13(14,15)12(3,8-16)5-6-17-10(2)18/h4-7,9H2,1-3H3,(H,17,18). The van der Waals surface area contributed by atoms with Crippen molar-refractivity contribution in [3.63, 3.8) is 0 Å². The van der Waals surface area contributed by atoms with Gasteiger partial charge in [-0.05, 0) is 25.5 Å². The fourth-order valence-corrected chi connectivity index (χ4v) is 3.52. The number of nitriles is 1. The Morgan fingerprint density at radius 1 is 1.43 bits per heavy atom. The van der Waals surface area contributed by atoms with E-state index >= 15 is 0 Å². The van der Waals surface area contributed by atoms with E-state index in [-0.39, 0.29) is 18.9 Å². The Hall–Kier alpha value is -0.390. The maximum absolute atomic E-state index is 14.3. The van der Waals surface area contributed by atoms with E-state index in [9.17, 15) is 13.6 Å². The molecule has 3 nitrogen and oxygen atoms in total. The summed E-state index contributed by atoms with van der Waals surface area (Å²) in [4.78, 5) is 10.8. The molecule has 120 valence electrons. The molecule has 0 aliphatic heterocycles. The molecule has 0 aromatic carbocycles. The molecule has 0 bridgehead atoms. The summed E-state index contributed by atoms with van der Waals surface area (Å²) in [6.07, 6.45) is 0.819. The van der Waals surface area contributed by atoms with Crippen LogP contribution in [0.15, 0.2) is 0 Å². The zero-order chi connectivity index (χ0) is 16.5. The van der Waals surface area contributed by atoms with Gasteiger partial charge in [-0.2, -0.15) is 5.26 Å². The highest BCUT2D eigenvalue weighted by molar-refractivity contribution is 8.47. The number of halogens is 2. The lowest BCUT2D eigenvalue weighted by Crippen LogP contribution is -2.42. The van der Waals surface area contributed by atoms with Crippen molar-refractivity contribution in [2.45, 2.75) is 39.5 Å². The Labute approximate surface area is 138 Å². The monoisotopic (exact) mass is 354 g/mol. The molecule has 1 unspecified atom stereocenters. The predicted octanol–water partition coefficient (Wildman–Crippen LogP) is 3.84. The van der Waals surface area contributed by atoms with Crippen molar-refractivity contribution in [2.24, 2.45) is 5.41 Å². The van der Waals surface area contributed by atoms with Crippen LogP contribution in [0.3, 0.4) is 0 Å². The molecule has 1 N–H and O–H groups in total. The minimum atomic E-state index is -3.18. The lowest BCUT2D eigenvalue weighted by molar-refractivity contribution is -0.119. The molecule has 0 fully saturated rings. The Morgan fingerprint density at radius 2 is 2.05 bits per heavy atom. The molecule has 0 aliphatic carbocycles. The first-order chi connectivity index (χ1) is 9.68. The number of thiocarbonyl (C=S) groups is 1. The van der Waals surface area contributed by atoms with Crippen LogP contribution in [0, 0.1) is 16.7 Å². The number of carbonyl (C=O) groups excluding carboxylic acids is 1. The van der Waals surface area contributed by atoms with Crippen molar-refractivity contribution in [2.75, 3.05) is 18.1 Å². The summed E-state index contributed by atoms with van der Waals surface area (Å²) in [6, 6.07) is 1.69. The van der Waals surface area contributed by atoms with Gasteiger partial charge in [-0.3, -0.25) is 4.79 Å². The SMILES string of the molecule is CCCSC(=S)SCC(F)(F)C(C)(C#N)CCNC(C)=O. The minimum absolute atomic E-state index is 0.0503. The predicted molar refractivity (Wildman–Crippen MR) is 89.8 cm³/mol. The second kappa shape index (κ2) is 9.59. The highest BCUT2D eigenvalue weighted by Crippen LogP contribution is 2.42. The van der Waals surface area contributed by atoms with Gasteiger partial charge in [-0.25, -0.2) is 8.78 Å². The molecule has 0 aromatic heterocycles. The average Bonchev–Trinajstić information content (AvgIpc) is 2.42. The minimum Gasteiger partial charge on any atom is -0.356 e. The van der Waals surface area contributed by atoms with Gasteiger partial charge in [-0.15, -0.1) is 23.5 Å². The molecular weight excluding hydrogens is 334 g/mol. The van der Waals surface area contributed by atoms with Gasteiger partial charge >= 0.3 is 0 Å². The Bertz CT molecular complexity index is 413. The summed E-state index contributed by atoms with van der Waals surface area (Å²) in [5.41, 5.74) is -1.83. The van der Waals surface area contributed by atoms with Crippen molar-refractivity contribution in [3.8, 4) is 6.07 Å². The van der Waals surface area contributed by atoms with E-state index in [1.807, 2.05) is 6.92 Å². The summed E-state index contributed by atoms with van der Waals surface area (Å²) < 4.78 is 29.0. The van der Waals surface area contributed by atoms with Crippen LogP contribution >= 0.6 is 35.7 Å². The van der Waals surface area contributed by atoms with Gasteiger partial charge in [0.2, 0.25) is 5.91 Å². The number of thioether (sulfide) groups is 2. The van der Waals surface area contributed by atoms with Crippen molar-refractivity contribution >= 4 is 45.2 Å². The van der Waals surface area contributed by atoms with Crippen LogP contribution in [0.2, 0.25) is 0 Å². The summed E-state index contributed by atoms with van der Waals surface area (Å²) >= 11 is 7.31. The zero-order valence-electron chi connectivity index (χ0n) is 12.4. The maximum Gasteiger partial charge on any atom is 0.275 e. The third-order valence-corrected chi connectivity index (χ3v) is 5.85. The molecule has 0 rings (SSSR count). The van der Waals surface area contributed by atoms with E-state index in [2.05, 4.69) is 5.32 Å². The van der Waals surface area contributed by atoms with Gasteiger partial charge in [-0.1, -0.05) is 19.1 Å². The first-order valence-electron chi connectivity index (χ1n) is 6.51. The van der Waals surface area contributed by atoms with E-state index in [1.54, 1.807) is 6.07 Å². The van der Waals surface area contributed by atoms with Gasteiger partial charge in [0.05, 0.1) is 11.8 Å². The van der Waals surface area contributed by atoms with Crippen molar-refractivity contribution < 1.29 is 13.6 Å². The lowest BCUT2D eigenvalue weighted by atomic mass is 9.82. The number of nitrogens with zero attached hydrogens (tertiary/aromatic N) is 1. The number of hydrogen-bond donors (Lipinski definition) is 1. The molecule has 0 saturated carbocycles. The van der Waals surface area contributed by atoms with E-state index in [0.29, 0.717) is 3.53 Å². The molecule has 0 aromatic rings. The molecular formula is C13H20F2N2OS3. The van der Waals surface area contributed by atoms with E-state index in [4.69, 9.17) is 17.5 Å². The molecule has 1 amide bonds.